The van der Waals surface area contributed by atoms with Crippen LogP contribution in [0.15, 0.2) is 5.38 Å². The molecule has 0 aliphatic rings. The second-order valence-electron chi connectivity index (χ2n) is 2.74. The van der Waals surface area contributed by atoms with E-state index in [1.165, 1.54) is 11.3 Å². The molecule has 1 aromatic heterocycles. The molecule has 1 heterocycles. The molecule has 1 atom stereocenters. The molecule has 0 bridgehead atoms. The zero-order valence-electron chi connectivity index (χ0n) is 7.60. The second kappa shape index (κ2) is 4.66. The molecule has 3 heteroatoms. The second-order valence-corrected chi connectivity index (χ2v) is 4.03. The lowest BCUT2D eigenvalue weighted by molar-refractivity contribution is 0.188. The van der Waals surface area contributed by atoms with Crippen LogP contribution < -0.4 is 0 Å². The summed E-state index contributed by atoms with van der Waals surface area (Å²) in [6, 6.07) is 0. The summed E-state index contributed by atoms with van der Waals surface area (Å²) in [5.74, 6) is 5.58. The number of aliphatic hydroxyl groups excluding tert-OH is 1. The van der Waals surface area contributed by atoms with Crippen LogP contribution in [-0.4, -0.2) is 5.11 Å². The number of hydrogen-bond acceptors (Lipinski definition) is 2. The zero-order valence-corrected chi connectivity index (χ0v) is 9.17. The van der Waals surface area contributed by atoms with Crippen molar-refractivity contribution in [3.63, 3.8) is 0 Å². The number of hydrogen-bond donors (Lipinski definition) is 1. The van der Waals surface area contributed by atoms with Crippen LogP contribution in [0.5, 0.6) is 0 Å². The maximum absolute atomic E-state index is 9.67. The zero-order chi connectivity index (χ0) is 9.84. The molecule has 0 aliphatic carbocycles. The molecule has 0 saturated carbocycles. The van der Waals surface area contributed by atoms with E-state index < -0.39 is 6.10 Å². The maximum Gasteiger partial charge on any atom is 0.101 e. The van der Waals surface area contributed by atoms with E-state index >= 15 is 0 Å². The molecule has 0 amide bonds. The van der Waals surface area contributed by atoms with Crippen molar-refractivity contribution in [3.8, 4) is 11.8 Å². The van der Waals surface area contributed by atoms with Crippen molar-refractivity contribution in [2.75, 3.05) is 0 Å². The normalized spacial score (nSPS) is 12.0. The average molecular weight is 215 g/mol. The number of aryl methyl sites for hydroxylation is 1. The van der Waals surface area contributed by atoms with Gasteiger partial charge in [-0.1, -0.05) is 11.6 Å². The predicted octanol–water partition coefficient (Wildman–Crippen LogP) is 3.16. The maximum atomic E-state index is 9.67. The Morgan fingerprint density at radius 2 is 2.38 bits per heavy atom. The summed E-state index contributed by atoms with van der Waals surface area (Å²) in [7, 11) is 0. The van der Waals surface area contributed by atoms with Crippen molar-refractivity contribution < 1.29 is 5.11 Å². The predicted molar refractivity (Wildman–Crippen MR) is 57.1 cm³/mol. The molecule has 0 saturated heterocycles. The number of aliphatic hydroxyl groups is 1. The third-order valence-electron chi connectivity index (χ3n) is 1.70. The Hall–Kier alpha value is -0.490. The first-order valence-corrected chi connectivity index (χ1v) is 5.23. The average Bonchev–Trinajstić information content (AvgIpc) is 2.44. The molecule has 70 valence electrons. The number of halogens is 1. The molecular formula is C10H11ClOS. The van der Waals surface area contributed by atoms with Crippen molar-refractivity contribution in [2.24, 2.45) is 0 Å². The van der Waals surface area contributed by atoms with Gasteiger partial charge in [0, 0.05) is 6.42 Å². The van der Waals surface area contributed by atoms with Crippen LogP contribution in [-0.2, 0) is 0 Å². The summed E-state index contributed by atoms with van der Waals surface area (Å²) < 4.78 is 0. The van der Waals surface area contributed by atoms with Gasteiger partial charge in [0.2, 0.25) is 0 Å². The van der Waals surface area contributed by atoms with E-state index in [1.807, 2.05) is 12.3 Å². The number of thiophene rings is 1. The minimum absolute atomic E-state index is 0.455. The molecule has 1 unspecified atom stereocenters. The summed E-state index contributed by atoms with van der Waals surface area (Å²) in [5, 5.41) is 12.3. The standard InChI is InChI=1S/C10H11ClOS/c1-3-4-5-8(12)10-9(11)7(2)6-13-10/h6,8,12H,5H2,1-2H3. The Morgan fingerprint density at radius 1 is 1.69 bits per heavy atom. The van der Waals surface area contributed by atoms with E-state index in [4.69, 9.17) is 11.6 Å². The fourth-order valence-corrected chi connectivity index (χ4v) is 2.27. The van der Waals surface area contributed by atoms with Crippen LogP contribution in [0.2, 0.25) is 5.02 Å². The van der Waals surface area contributed by atoms with Crippen LogP contribution in [0, 0.1) is 18.8 Å². The third kappa shape index (κ3) is 2.47. The summed E-state index contributed by atoms with van der Waals surface area (Å²) in [4.78, 5) is 0.821. The lowest BCUT2D eigenvalue weighted by Gasteiger charge is -2.04. The van der Waals surface area contributed by atoms with Crippen molar-refractivity contribution in [1.82, 2.24) is 0 Å². The highest BCUT2D eigenvalue weighted by atomic mass is 35.5. The van der Waals surface area contributed by atoms with Gasteiger partial charge in [0.05, 0.1) is 9.90 Å². The highest BCUT2D eigenvalue weighted by Gasteiger charge is 2.13. The molecule has 1 N–H and O–H groups in total. The Labute approximate surface area is 87.4 Å². The van der Waals surface area contributed by atoms with E-state index in [1.54, 1.807) is 6.92 Å². The quantitative estimate of drug-likeness (QED) is 0.750. The lowest BCUT2D eigenvalue weighted by Crippen LogP contribution is -1.93. The molecule has 13 heavy (non-hydrogen) atoms. The summed E-state index contributed by atoms with van der Waals surface area (Å²) >= 11 is 7.47. The highest BCUT2D eigenvalue weighted by molar-refractivity contribution is 7.10. The first kappa shape index (κ1) is 10.6. The monoisotopic (exact) mass is 214 g/mol. The van der Waals surface area contributed by atoms with Crippen molar-refractivity contribution in [2.45, 2.75) is 26.4 Å². The first-order chi connectivity index (χ1) is 6.16. The van der Waals surface area contributed by atoms with Gasteiger partial charge in [-0.15, -0.1) is 23.2 Å². The molecule has 1 rings (SSSR count). The largest absolute Gasteiger partial charge is 0.387 e. The molecule has 0 radical (unpaired) electrons. The Balaban J connectivity index is 2.80. The van der Waals surface area contributed by atoms with Crippen molar-refractivity contribution in [3.05, 3.63) is 20.8 Å². The SMILES string of the molecule is CC#CCC(O)c1scc(C)c1Cl. The fourth-order valence-electron chi connectivity index (χ4n) is 0.966. The highest BCUT2D eigenvalue weighted by Crippen LogP contribution is 2.33. The Bertz CT molecular complexity index is 346. The van der Waals surface area contributed by atoms with Gasteiger partial charge in [0.1, 0.15) is 6.10 Å². The van der Waals surface area contributed by atoms with Gasteiger partial charge in [-0.2, -0.15) is 0 Å². The van der Waals surface area contributed by atoms with Gasteiger partial charge < -0.3 is 5.11 Å². The summed E-state index contributed by atoms with van der Waals surface area (Å²) in [6.45, 7) is 3.69. The van der Waals surface area contributed by atoms with Crippen molar-refractivity contribution >= 4 is 22.9 Å². The van der Waals surface area contributed by atoms with Crippen molar-refractivity contribution in [1.29, 1.82) is 0 Å². The number of rotatable bonds is 2. The molecular weight excluding hydrogens is 204 g/mol. The Morgan fingerprint density at radius 3 is 2.85 bits per heavy atom. The lowest BCUT2D eigenvalue weighted by atomic mass is 10.2. The summed E-state index contributed by atoms with van der Waals surface area (Å²) in [5.41, 5.74) is 1.02. The van der Waals surface area contributed by atoms with Gasteiger partial charge in [-0.05, 0) is 24.8 Å². The molecule has 0 spiro atoms. The van der Waals surface area contributed by atoms with Gasteiger partial charge in [0.25, 0.3) is 0 Å². The fraction of sp³-hybridized carbons (Fsp3) is 0.400. The Kier molecular flexibility index (Phi) is 3.80. The van der Waals surface area contributed by atoms with Crippen LogP contribution in [0.25, 0.3) is 0 Å². The van der Waals surface area contributed by atoms with E-state index in [0.29, 0.717) is 11.4 Å². The smallest absolute Gasteiger partial charge is 0.101 e. The van der Waals surface area contributed by atoms with Crippen LogP contribution >= 0.6 is 22.9 Å². The third-order valence-corrected chi connectivity index (χ3v) is 3.52. The minimum atomic E-state index is -0.543. The molecule has 1 aromatic rings. The van der Waals surface area contributed by atoms with E-state index in [0.717, 1.165) is 10.4 Å². The molecule has 0 aromatic carbocycles. The summed E-state index contributed by atoms with van der Waals surface area (Å²) in [6.07, 6.45) is -0.0884. The van der Waals surface area contributed by atoms with Crippen LogP contribution in [0.4, 0.5) is 0 Å². The van der Waals surface area contributed by atoms with Crippen LogP contribution in [0.1, 0.15) is 29.9 Å². The first-order valence-electron chi connectivity index (χ1n) is 3.98. The molecule has 0 aliphatic heterocycles. The van der Waals surface area contributed by atoms with Gasteiger partial charge in [0.15, 0.2) is 0 Å². The molecule has 1 nitrogen and oxygen atoms in total. The van der Waals surface area contributed by atoms with Gasteiger partial charge >= 0.3 is 0 Å². The van der Waals surface area contributed by atoms with E-state index in [2.05, 4.69) is 11.8 Å². The topological polar surface area (TPSA) is 20.2 Å². The van der Waals surface area contributed by atoms with E-state index in [-0.39, 0.29) is 0 Å². The van der Waals surface area contributed by atoms with Gasteiger partial charge in [-0.3, -0.25) is 0 Å². The molecule has 0 fully saturated rings. The van der Waals surface area contributed by atoms with Crippen LogP contribution in [0.3, 0.4) is 0 Å². The van der Waals surface area contributed by atoms with E-state index in [9.17, 15) is 5.11 Å². The van der Waals surface area contributed by atoms with Gasteiger partial charge in [-0.25, -0.2) is 0 Å². The minimum Gasteiger partial charge on any atom is -0.387 e.